The molecule has 594 valence electrons. The fraction of sp³-hybridized carbons (Fsp3) is 0.346. The summed E-state index contributed by atoms with van der Waals surface area (Å²) in [6.07, 6.45) is 29.5. The van der Waals surface area contributed by atoms with E-state index in [4.69, 9.17) is 9.97 Å². The lowest BCUT2D eigenvalue weighted by molar-refractivity contribution is -0.662. The Morgan fingerprint density at radius 2 is 0.598 bits per heavy atom. The van der Waals surface area contributed by atoms with Crippen LogP contribution in [0.2, 0.25) is 0 Å². The lowest BCUT2D eigenvalue weighted by Gasteiger charge is -2.25. The van der Waals surface area contributed by atoms with Crippen molar-refractivity contribution in [3.05, 3.63) is 297 Å². The maximum Gasteiger partial charge on any atom is 0.287 e. The second kappa shape index (κ2) is 35.4. The van der Waals surface area contributed by atoms with Gasteiger partial charge in [0.25, 0.3) is 31.6 Å². The first kappa shape index (κ1) is 81.1. The molecule has 15 aromatic rings. The van der Waals surface area contributed by atoms with Gasteiger partial charge in [-0.2, -0.15) is 0 Å². The highest BCUT2D eigenvalue weighted by molar-refractivity contribution is 5.97. The van der Waals surface area contributed by atoms with Gasteiger partial charge < -0.3 is 0 Å². The van der Waals surface area contributed by atoms with Crippen molar-refractivity contribution in [2.24, 2.45) is 35.2 Å². The van der Waals surface area contributed by atoms with Crippen LogP contribution in [0.15, 0.2) is 214 Å². The third-order valence-electron chi connectivity index (χ3n) is 26.3. The molecule has 4 aliphatic rings. The minimum absolute atomic E-state index is 0.570. The van der Waals surface area contributed by atoms with Gasteiger partial charge in [-0.25, -0.2) is 22.8 Å². The molecule has 19 rings (SSSR count). The highest BCUT2D eigenvalue weighted by atomic mass is 15.0. The van der Waals surface area contributed by atoms with Crippen LogP contribution in [0.4, 0.5) is 0 Å². The fourth-order valence-corrected chi connectivity index (χ4v) is 18.6. The van der Waals surface area contributed by atoms with Crippen molar-refractivity contribution in [3.8, 4) is 56.3 Å². The average Bonchev–Trinajstić information content (AvgIpc) is 0.984. The summed E-state index contributed by atoms with van der Waals surface area (Å²) in [5.74, 6) is 3.49. The van der Waals surface area contributed by atoms with Crippen molar-refractivity contribution in [3.63, 3.8) is 0 Å². The SMILES string of the molecule is CCC(CC)c1cccc2c(-c3cc(C)ccc3C)[n+](C)cnc12.Cc1ccc(C)c(-c2c3cc(C4CCC4)ccc3nc[n+]2C)c1.Cc1ccc(C)c(-c2c3cc(C4CCCC4)ccc3nc[n+]2C)c1.Cc1ccc(C)c(-c2c3ccc(C4CCC4)cc3nc[n+]2C)c1.Cc1ccc(C)c(-c2c3cccc(C4CCC4)c3nc[n+]2C)c1. The Hall–Kier alpha value is -11.1. The van der Waals surface area contributed by atoms with Gasteiger partial charge in [0.2, 0.25) is 0 Å². The molecule has 0 N–H and O–H groups in total. The summed E-state index contributed by atoms with van der Waals surface area (Å²) in [5.41, 5.74) is 38.8. The molecule has 117 heavy (non-hydrogen) atoms. The van der Waals surface area contributed by atoms with Crippen LogP contribution in [0.3, 0.4) is 0 Å². The molecule has 0 aliphatic heterocycles. The first-order chi connectivity index (χ1) is 56.6. The standard InChI is InChI=1S/C22H25N2.C22H27N2.3C21H23N2/c1-15-8-9-16(2)19(12-15)22-20-13-18(17-6-4-5-7-17)10-11-21(20)23-14-24(22)3;1-6-17(7-2)18-9-8-10-19-21(18)23-14-24(5)22(19)20-13-15(3)11-12-16(20)4;1-14-10-11-15(2)19(12-14)21-18-9-5-8-17(16-6-4-7-16)20(18)22-13-23(21)3;1-14-7-8-15(2)18(11-14)21-19-12-17(16-5-4-6-16)9-10-20(19)22-13-23(21)3;1-14-7-8-15(2)19(11-14)21-18-10-9-17(16-5-4-6-16)12-20(18)22-13-23(21)3/h8-14,17H,4-7H2,1-3H3;8-14,17H,6-7H2,1-5H3;5,8-13,16H,4,6-7H2,1-3H3;2*7-13,16H,4-6H2,1-3H3/q5*+1. The molecule has 0 unspecified atom stereocenters. The zero-order chi connectivity index (χ0) is 81.9. The third kappa shape index (κ3) is 17.1. The number of hydrogen-bond donors (Lipinski definition) is 0. The molecule has 4 fully saturated rings. The van der Waals surface area contributed by atoms with Gasteiger partial charge in [-0.15, -0.1) is 0 Å². The van der Waals surface area contributed by atoms with E-state index in [1.165, 1.54) is 256 Å². The summed E-state index contributed by atoms with van der Waals surface area (Å²) >= 11 is 0. The monoisotopic (exact) mass is 1550 g/mol. The summed E-state index contributed by atoms with van der Waals surface area (Å²) in [6, 6.07) is 67.4. The Kier molecular flexibility index (Phi) is 24.5. The van der Waals surface area contributed by atoms with Crippen molar-refractivity contribution >= 4 is 54.5 Å². The minimum atomic E-state index is 0.570. The van der Waals surface area contributed by atoms with Gasteiger partial charge in [0.05, 0.1) is 62.2 Å². The van der Waals surface area contributed by atoms with E-state index >= 15 is 0 Å². The Morgan fingerprint density at radius 3 is 0.974 bits per heavy atom. The van der Waals surface area contributed by atoms with E-state index in [9.17, 15) is 0 Å². The molecule has 4 saturated carbocycles. The molecule has 5 aromatic heterocycles. The Morgan fingerprint density at radius 1 is 0.282 bits per heavy atom. The molecule has 10 aromatic carbocycles. The first-order valence-corrected chi connectivity index (χ1v) is 43.4. The molecule has 0 atom stereocenters. The van der Waals surface area contributed by atoms with Gasteiger partial charge in [0.1, 0.15) is 28.5 Å². The van der Waals surface area contributed by atoms with E-state index < -0.39 is 0 Å². The van der Waals surface area contributed by atoms with Crippen LogP contribution in [0.25, 0.3) is 111 Å². The van der Waals surface area contributed by atoms with E-state index in [0.29, 0.717) is 11.8 Å². The molecule has 0 saturated heterocycles. The number of aryl methyl sites for hydroxylation is 15. The molecular formula is C107H121N10+5. The Bertz CT molecular complexity index is 6080. The molecule has 0 bridgehead atoms. The maximum absolute atomic E-state index is 4.80. The zero-order valence-corrected chi connectivity index (χ0v) is 72.7. The average molecular weight is 1550 g/mol. The quantitative estimate of drug-likeness (QED) is 0.114. The number of fused-ring (bicyclic) bond motifs is 5. The van der Waals surface area contributed by atoms with Crippen molar-refractivity contribution in [1.82, 2.24) is 24.9 Å². The molecule has 0 spiro atoms. The maximum atomic E-state index is 4.80. The summed E-state index contributed by atoms with van der Waals surface area (Å²) < 4.78 is 10.8. The van der Waals surface area contributed by atoms with Gasteiger partial charge in [0.15, 0.2) is 27.6 Å². The smallest absolute Gasteiger partial charge is 0.232 e. The van der Waals surface area contributed by atoms with Gasteiger partial charge in [-0.1, -0.05) is 177 Å². The van der Waals surface area contributed by atoms with Crippen LogP contribution in [0.5, 0.6) is 0 Å². The van der Waals surface area contributed by atoms with Crippen molar-refractivity contribution in [2.75, 3.05) is 0 Å². The van der Waals surface area contributed by atoms with Gasteiger partial charge >= 0.3 is 0 Å². The second-order valence-corrected chi connectivity index (χ2v) is 34.8. The molecular weight excluding hydrogens is 1430 g/mol. The number of benzene rings is 10. The number of nitrogens with zero attached hydrogens (tertiary/aromatic N) is 10. The summed E-state index contributed by atoms with van der Waals surface area (Å²) in [4.78, 5) is 23.5. The lowest BCUT2D eigenvalue weighted by atomic mass is 9.79. The van der Waals surface area contributed by atoms with E-state index in [1.807, 2.05) is 31.6 Å². The summed E-state index contributed by atoms with van der Waals surface area (Å²) in [5, 5.41) is 6.31. The largest absolute Gasteiger partial charge is 0.287 e. The van der Waals surface area contributed by atoms with Crippen molar-refractivity contribution in [1.29, 1.82) is 0 Å². The van der Waals surface area contributed by atoms with E-state index in [2.05, 4.69) is 338 Å². The molecule has 10 heteroatoms. The highest BCUT2D eigenvalue weighted by Gasteiger charge is 2.30. The van der Waals surface area contributed by atoms with Crippen LogP contribution in [-0.2, 0) is 35.2 Å². The predicted molar refractivity (Wildman–Crippen MR) is 483 cm³/mol. The lowest BCUT2D eigenvalue weighted by Crippen LogP contribution is -2.32. The normalized spacial score (nSPS) is 14.3. The van der Waals surface area contributed by atoms with Crippen molar-refractivity contribution < 1.29 is 22.8 Å². The van der Waals surface area contributed by atoms with Gasteiger partial charge in [-0.05, 0) is 311 Å². The van der Waals surface area contributed by atoms with Crippen LogP contribution < -0.4 is 22.8 Å². The number of para-hydroxylation sites is 2. The summed E-state index contributed by atoms with van der Waals surface area (Å²) in [6.45, 7) is 26.3. The summed E-state index contributed by atoms with van der Waals surface area (Å²) in [7, 11) is 10.5. The fourth-order valence-electron chi connectivity index (χ4n) is 18.6. The van der Waals surface area contributed by atoms with Crippen molar-refractivity contribution in [2.45, 2.75) is 209 Å². The van der Waals surface area contributed by atoms with Gasteiger partial charge in [0, 0.05) is 38.9 Å². The Balaban J connectivity index is 0.000000115. The Labute approximate surface area is 695 Å². The zero-order valence-electron chi connectivity index (χ0n) is 72.7. The van der Waals surface area contributed by atoms with E-state index in [0.717, 1.165) is 52.7 Å². The van der Waals surface area contributed by atoms with Crippen LogP contribution >= 0.6 is 0 Å². The second-order valence-electron chi connectivity index (χ2n) is 34.8. The van der Waals surface area contributed by atoms with E-state index in [-0.39, 0.29) is 0 Å². The molecule has 0 radical (unpaired) electrons. The molecule has 0 amide bonds. The number of aromatic nitrogens is 10. The van der Waals surface area contributed by atoms with Gasteiger partial charge in [-0.3, -0.25) is 0 Å². The topological polar surface area (TPSA) is 83.8 Å². The number of rotatable bonds is 12. The number of hydrogen-bond acceptors (Lipinski definition) is 5. The predicted octanol–water partition coefficient (Wildman–Crippen LogP) is 24.1. The first-order valence-electron chi connectivity index (χ1n) is 43.4. The van der Waals surface area contributed by atoms with Crippen LogP contribution in [0, 0.1) is 69.2 Å². The molecule has 10 nitrogen and oxygen atoms in total. The van der Waals surface area contributed by atoms with Crippen LogP contribution in [-0.4, -0.2) is 24.9 Å². The minimum Gasteiger partial charge on any atom is -0.232 e. The third-order valence-corrected chi connectivity index (χ3v) is 26.3. The highest BCUT2D eigenvalue weighted by Crippen LogP contribution is 2.44. The molecule has 4 aliphatic carbocycles. The van der Waals surface area contributed by atoms with E-state index in [1.54, 1.807) is 0 Å². The van der Waals surface area contributed by atoms with Crippen LogP contribution in [0.1, 0.15) is 223 Å². The molecule has 5 heterocycles.